The van der Waals surface area contributed by atoms with Crippen LogP contribution in [0.2, 0.25) is 0 Å². The highest BCUT2D eigenvalue weighted by molar-refractivity contribution is 5.84. The summed E-state index contributed by atoms with van der Waals surface area (Å²) in [6.07, 6.45) is 7.42. The lowest BCUT2D eigenvalue weighted by Gasteiger charge is -1.93. The molecule has 0 fully saturated rings. The Morgan fingerprint density at radius 3 is 2.28 bits per heavy atom. The largest absolute Gasteiger partial charge is 0.288 e. The van der Waals surface area contributed by atoms with E-state index >= 15 is 0 Å². The Kier molecular flexibility index (Phi) is 3.05. The van der Waals surface area contributed by atoms with E-state index in [1.54, 1.807) is 0 Å². The molecule has 0 N–H and O–H groups in total. The van der Waals surface area contributed by atoms with Crippen LogP contribution in [0.1, 0.15) is 22.3 Å². The highest BCUT2D eigenvalue weighted by Crippen LogP contribution is 2.17. The number of nitrogens with zero attached hydrogens (tertiary/aromatic N) is 1. The SMILES string of the molecule is C1=Cc2ccccc2C1.C1=NCc2ccccc21. The summed E-state index contributed by atoms with van der Waals surface area (Å²) in [6.45, 7) is 0.871. The maximum absolute atomic E-state index is 4.13. The summed E-state index contributed by atoms with van der Waals surface area (Å²) in [6, 6.07) is 16.8. The van der Waals surface area contributed by atoms with Crippen LogP contribution in [0.4, 0.5) is 0 Å². The third-order valence-electron chi connectivity index (χ3n) is 3.24. The fraction of sp³-hybridized carbons (Fsp3) is 0.118. The van der Waals surface area contributed by atoms with Crippen LogP contribution in [0.25, 0.3) is 6.08 Å². The number of hydrogen-bond acceptors (Lipinski definition) is 1. The molecule has 0 spiro atoms. The van der Waals surface area contributed by atoms with Gasteiger partial charge in [0, 0.05) is 6.21 Å². The van der Waals surface area contributed by atoms with Crippen LogP contribution in [0.3, 0.4) is 0 Å². The minimum Gasteiger partial charge on any atom is -0.288 e. The Bertz CT molecular complexity index is 553. The summed E-state index contributed by atoms with van der Waals surface area (Å²) in [4.78, 5) is 4.13. The van der Waals surface area contributed by atoms with Crippen LogP contribution in [0.5, 0.6) is 0 Å². The fourth-order valence-corrected chi connectivity index (χ4v) is 2.24. The third kappa shape index (κ3) is 2.25. The minimum absolute atomic E-state index is 0.871. The molecule has 0 amide bonds. The Morgan fingerprint density at radius 1 is 0.778 bits per heavy atom. The van der Waals surface area contributed by atoms with Gasteiger partial charge in [-0.05, 0) is 28.7 Å². The van der Waals surface area contributed by atoms with Crippen molar-refractivity contribution in [2.24, 2.45) is 4.99 Å². The van der Waals surface area contributed by atoms with Gasteiger partial charge in [-0.3, -0.25) is 4.99 Å². The highest BCUT2D eigenvalue weighted by atomic mass is 14.7. The number of aliphatic imine (C=N–C) groups is 1. The molecule has 1 heterocycles. The van der Waals surface area contributed by atoms with Gasteiger partial charge in [0.15, 0.2) is 0 Å². The van der Waals surface area contributed by atoms with Crippen molar-refractivity contribution >= 4 is 12.3 Å². The molecule has 0 saturated carbocycles. The fourth-order valence-electron chi connectivity index (χ4n) is 2.24. The zero-order chi connectivity index (χ0) is 12.2. The van der Waals surface area contributed by atoms with Crippen molar-refractivity contribution in [3.05, 3.63) is 76.9 Å². The monoisotopic (exact) mass is 233 g/mol. The molecule has 0 bridgehead atoms. The van der Waals surface area contributed by atoms with Crippen molar-refractivity contribution in [2.75, 3.05) is 0 Å². The van der Waals surface area contributed by atoms with E-state index in [4.69, 9.17) is 0 Å². The van der Waals surface area contributed by atoms with Gasteiger partial charge >= 0.3 is 0 Å². The molecule has 18 heavy (non-hydrogen) atoms. The first-order valence-corrected chi connectivity index (χ1v) is 6.26. The number of hydrogen-bond donors (Lipinski definition) is 0. The molecule has 1 heteroatoms. The average Bonchev–Trinajstić information content (AvgIpc) is 3.08. The van der Waals surface area contributed by atoms with Crippen molar-refractivity contribution < 1.29 is 0 Å². The Labute approximate surface area is 108 Å². The van der Waals surface area contributed by atoms with E-state index in [9.17, 15) is 0 Å². The molecular formula is C17H15N. The van der Waals surface area contributed by atoms with Crippen molar-refractivity contribution in [3.8, 4) is 0 Å². The number of fused-ring (bicyclic) bond motifs is 2. The van der Waals surface area contributed by atoms with Crippen LogP contribution in [-0.4, -0.2) is 6.21 Å². The van der Waals surface area contributed by atoms with Crippen LogP contribution in [-0.2, 0) is 13.0 Å². The van der Waals surface area contributed by atoms with Gasteiger partial charge in [-0.25, -0.2) is 0 Å². The second-order valence-corrected chi connectivity index (χ2v) is 4.47. The predicted molar refractivity (Wildman–Crippen MR) is 76.9 cm³/mol. The summed E-state index contributed by atoms with van der Waals surface area (Å²) in [7, 11) is 0. The summed E-state index contributed by atoms with van der Waals surface area (Å²) in [5, 5.41) is 0. The number of allylic oxidation sites excluding steroid dienone is 1. The number of benzene rings is 2. The van der Waals surface area contributed by atoms with E-state index in [1.807, 2.05) is 18.3 Å². The zero-order valence-electron chi connectivity index (χ0n) is 10.2. The lowest BCUT2D eigenvalue weighted by Crippen LogP contribution is -1.79. The Hall–Kier alpha value is -2.15. The molecule has 1 aliphatic carbocycles. The van der Waals surface area contributed by atoms with Gasteiger partial charge < -0.3 is 0 Å². The van der Waals surface area contributed by atoms with Crippen LogP contribution >= 0.6 is 0 Å². The van der Waals surface area contributed by atoms with Crippen molar-refractivity contribution in [1.82, 2.24) is 0 Å². The summed E-state index contributed by atoms with van der Waals surface area (Å²) < 4.78 is 0. The molecule has 0 unspecified atom stereocenters. The van der Waals surface area contributed by atoms with Gasteiger partial charge in [0.25, 0.3) is 0 Å². The average molecular weight is 233 g/mol. The molecule has 2 aromatic carbocycles. The molecule has 88 valence electrons. The summed E-state index contributed by atoms with van der Waals surface area (Å²) >= 11 is 0. The summed E-state index contributed by atoms with van der Waals surface area (Å²) in [5.41, 5.74) is 5.46. The quantitative estimate of drug-likeness (QED) is 0.655. The van der Waals surface area contributed by atoms with Gasteiger partial charge in [-0.15, -0.1) is 0 Å². The van der Waals surface area contributed by atoms with Gasteiger partial charge in [0.1, 0.15) is 0 Å². The van der Waals surface area contributed by atoms with E-state index in [-0.39, 0.29) is 0 Å². The molecule has 2 aromatic rings. The smallest absolute Gasteiger partial charge is 0.0646 e. The molecule has 1 nitrogen and oxygen atoms in total. The summed E-state index contributed by atoms with van der Waals surface area (Å²) in [5.74, 6) is 0. The minimum atomic E-state index is 0.871. The van der Waals surface area contributed by atoms with E-state index in [1.165, 1.54) is 22.3 Å². The lowest BCUT2D eigenvalue weighted by molar-refractivity contribution is 1.11. The second-order valence-electron chi connectivity index (χ2n) is 4.47. The van der Waals surface area contributed by atoms with E-state index in [0.29, 0.717) is 0 Å². The number of rotatable bonds is 0. The van der Waals surface area contributed by atoms with Gasteiger partial charge in [0.2, 0.25) is 0 Å². The second kappa shape index (κ2) is 5.01. The van der Waals surface area contributed by atoms with Crippen LogP contribution in [0.15, 0.2) is 59.6 Å². The van der Waals surface area contributed by atoms with E-state index in [2.05, 4.69) is 53.5 Å². The molecule has 0 saturated heterocycles. The molecule has 0 atom stereocenters. The van der Waals surface area contributed by atoms with E-state index < -0.39 is 0 Å². The third-order valence-corrected chi connectivity index (χ3v) is 3.24. The highest BCUT2D eigenvalue weighted by Gasteiger charge is 2.01. The first kappa shape index (κ1) is 11.0. The van der Waals surface area contributed by atoms with Gasteiger partial charge in [-0.1, -0.05) is 60.7 Å². The van der Waals surface area contributed by atoms with Gasteiger partial charge in [-0.2, -0.15) is 0 Å². The van der Waals surface area contributed by atoms with Crippen molar-refractivity contribution in [3.63, 3.8) is 0 Å². The predicted octanol–water partition coefficient (Wildman–Crippen LogP) is 3.88. The molecule has 0 aromatic heterocycles. The zero-order valence-corrected chi connectivity index (χ0v) is 10.2. The first-order valence-electron chi connectivity index (χ1n) is 6.26. The van der Waals surface area contributed by atoms with Crippen molar-refractivity contribution in [1.29, 1.82) is 0 Å². The maximum Gasteiger partial charge on any atom is 0.0646 e. The first-order chi connectivity index (χ1) is 8.93. The van der Waals surface area contributed by atoms with Gasteiger partial charge in [0.05, 0.1) is 6.54 Å². The standard InChI is InChI=1S/C9H8.C8H7N/c1-2-5-9-7-3-6-8(9)4-1;1-2-4-8-6-9-5-7(8)3-1/h1-6H,7H2;1-5H,6H2. The maximum atomic E-state index is 4.13. The van der Waals surface area contributed by atoms with Crippen molar-refractivity contribution in [2.45, 2.75) is 13.0 Å². The molecular weight excluding hydrogens is 218 g/mol. The normalized spacial score (nSPS) is 13.8. The molecule has 1 aliphatic heterocycles. The van der Waals surface area contributed by atoms with Crippen LogP contribution in [0, 0.1) is 0 Å². The van der Waals surface area contributed by atoms with Crippen LogP contribution < -0.4 is 0 Å². The Morgan fingerprint density at radius 2 is 1.50 bits per heavy atom. The Balaban J connectivity index is 0.000000111. The molecule has 4 rings (SSSR count). The van der Waals surface area contributed by atoms with E-state index in [0.717, 1.165) is 13.0 Å². The molecule has 0 radical (unpaired) electrons. The molecule has 2 aliphatic rings. The lowest BCUT2D eigenvalue weighted by atomic mass is 10.1. The topological polar surface area (TPSA) is 12.4 Å².